The van der Waals surface area contributed by atoms with Gasteiger partial charge in [0.15, 0.2) is 0 Å². The Kier molecular flexibility index (Phi) is 12.7. The third kappa shape index (κ3) is 9.63. The maximum atomic E-state index is 6.38. The Morgan fingerprint density at radius 2 is 1.30 bits per heavy atom. The molecule has 0 amide bonds. The van der Waals surface area contributed by atoms with Crippen LogP contribution < -0.4 is 14.4 Å². The lowest BCUT2D eigenvalue weighted by Crippen LogP contribution is -2.11. The molecule has 1 atom stereocenters. The van der Waals surface area contributed by atoms with Crippen LogP contribution in [0.25, 0.3) is 18.2 Å². The first-order valence-corrected chi connectivity index (χ1v) is 16.9. The first kappa shape index (κ1) is 34.6. The molecule has 0 aliphatic heterocycles. The molecule has 3 nitrogen and oxygen atoms in total. The minimum absolute atomic E-state index is 0.654. The van der Waals surface area contributed by atoms with Gasteiger partial charge in [0, 0.05) is 28.2 Å². The summed E-state index contributed by atoms with van der Waals surface area (Å²) in [5.41, 5.74) is 10.4. The second-order valence-electron chi connectivity index (χ2n) is 13.1. The molecule has 0 heterocycles. The largest absolute Gasteiger partial charge is 0.496 e. The van der Waals surface area contributed by atoms with Gasteiger partial charge in [0.2, 0.25) is 0 Å². The number of methoxy groups -OCH3 is 1. The summed E-state index contributed by atoms with van der Waals surface area (Å²) in [4.78, 5) is 2.33. The van der Waals surface area contributed by atoms with Crippen LogP contribution in [0.1, 0.15) is 86.8 Å². The number of rotatable bonds is 15. The number of aryl methyl sites for hydroxylation is 3. The fraction of sp³-hybridized carbons (Fsp3) is 0.349. The highest BCUT2D eigenvalue weighted by atomic mass is 16.5. The van der Waals surface area contributed by atoms with Gasteiger partial charge in [0.1, 0.15) is 11.5 Å². The van der Waals surface area contributed by atoms with E-state index in [1.807, 2.05) is 13.0 Å². The van der Waals surface area contributed by atoms with Crippen molar-refractivity contribution in [2.24, 2.45) is 11.8 Å². The zero-order chi connectivity index (χ0) is 33.1. The quantitative estimate of drug-likeness (QED) is 0.124. The molecule has 0 aliphatic carbocycles. The molecule has 0 N–H and O–H groups in total. The smallest absolute Gasteiger partial charge is 0.127 e. The Morgan fingerprint density at radius 1 is 0.674 bits per heavy atom. The molecule has 0 aliphatic rings. The van der Waals surface area contributed by atoms with Crippen molar-refractivity contribution in [3.63, 3.8) is 0 Å². The van der Waals surface area contributed by atoms with Gasteiger partial charge in [-0.1, -0.05) is 112 Å². The minimum Gasteiger partial charge on any atom is -0.496 e. The van der Waals surface area contributed by atoms with Crippen molar-refractivity contribution in [3.05, 3.63) is 118 Å². The van der Waals surface area contributed by atoms with Crippen LogP contribution >= 0.6 is 0 Å². The Hall–Kier alpha value is -4.24. The summed E-state index contributed by atoms with van der Waals surface area (Å²) >= 11 is 0. The molecule has 0 aromatic heterocycles. The molecule has 1 unspecified atom stereocenters. The first-order chi connectivity index (χ1) is 22.2. The van der Waals surface area contributed by atoms with Crippen molar-refractivity contribution in [3.8, 4) is 11.5 Å². The zero-order valence-corrected chi connectivity index (χ0v) is 29.3. The number of allylic oxidation sites excluding steroid dienone is 1. The zero-order valence-electron chi connectivity index (χ0n) is 29.3. The van der Waals surface area contributed by atoms with E-state index in [9.17, 15) is 0 Å². The Bertz CT molecular complexity index is 1600. The summed E-state index contributed by atoms with van der Waals surface area (Å²) in [6, 6.07) is 28.3. The van der Waals surface area contributed by atoms with Crippen molar-refractivity contribution < 1.29 is 9.47 Å². The summed E-state index contributed by atoms with van der Waals surface area (Å²) in [5, 5.41) is 0. The molecule has 0 bridgehead atoms. The lowest BCUT2D eigenvalue weighted by atomic mass is 9.98. The standard InChI is InChI=1S/C43H53NO2/c1-9-11-37-29-42(45-8)38(30-43(37)46-27-26-32(4)13-10-12-31(2)3)20-17-36-18-23-40(24-19-36)44(39-21-14-33(5)15-22-39)41-25-16-34(6)28-35(41)7/h9,11,14-25,28-32H,10,12-13,26-27H2,1-8H3. The highest BCUT2D eigenvalue weighted by molar-refractivity contribution is 5.80. The SMILES string of the molecule is CC=Cc1cc(OC)c(C=Cc2ccc(N(c3ccc(C)cc3)c3ccc(C)cc3C)cc2)cc1OCCC(C)CCCC(C)C. The lowest BCUT2D eigenvalue weighted by molar-refractivity contribution is 0.275. The highest BCUT2D eigenvalue weighted by Crippen LogP contribution is 2.37. The average molecular weight is 616 g/mol. The van der Waals surface area contributed by atoms with Gasteiger partial charge in [-0.2, -0.15) is 0 Å². The van der Waals surface area contributed by atoms with E-state index in [1.54, 1.807) is 7.11 Å². The molecule has 4 aromatic rings. The normalized spacial score (nSPS) is 12.3. The van der Waals surface area contributed by atoms with Gasteiger partial charge in [-0.25, -0.2) is 0 Å². The third-order valence-electron chi connectivity index (χ3n) is 8.55. The van der Waals surface area contributed by atoms with E-state index in [-0.39, 0.29) is 0 Å². The van der Waals surface area contributed by atoms with Gasteiger partial charge in [0.05, 0.1) is 13.7 Å². The monoisotopic (exact) mass is 615 g/mol. The molecular weight excluding hydrogens is 562 g/mol. The van der Waals surface area contributed by atoms with Crippen molar-refractivity contribution >= 4 is 35.3 Å². The van der Waals surface area contributed by atoms with Crippen LogP contribution in [0.15, 0.2) is 84.9 Å². The fourth-order valence-corrected chi connectivity index (χ4v) is 5.82. The summed E-state index contributed by atoms with van der Waals surface area (Å²) in [6.07, 6.45) is 13.3. The maximum Gasteiger partial charge on any atom is 0.127 e. The minimum atomic E-state index is 0.654. The van der Waals surface area contributed by atoms with Crippen LogP contribution in [0.5, 0.6) is 11.5 Å². The van der Waals surface area contributed by atoms with E-state index in [2.05, 4.69) is 144 Å². The first-order valence-electron chi connectivity index (χ1n) is 16.9. The van der Waals surface area contributed by atoms with E-state index in [1.165, 1.54) is 41.6 Å². The van der Waals surface area contributed by atoms with Gasteiger partial charge in [-0.05, 0) is 99.5 Å². The number of anilines is 3. The van der Waals surface area contributed by atoms with Crippen LogP contribution in [0.4, 0.5) is 17.1 Å². The van der Waals surface area contributed by atoms with Gasteiger partial charge in [-0.3, -0.25) is 0 Å². The molecule has 3 heteroatoms. The van der Waals surface area contributed by atoms with E-state index >= 15 is 0 Å². The summed E-state index contributed by atoms with van der Waals surface area (Å²) in [5.74, 6) is 3.15. The Labute approximate surface area is 278 Å². The second-order valence-corrected chi connectivity index (χ2v) is 13.1. The topological polar surface area (TPSA) is 21.7 Å². The molecule has 242 valence electrons. The van der Waals surface area contributed by atoms with Crippen LogP contribution in [0.2, 0.25) is 0 Å². The summed E-state index contributed by atoms with van der Waals surface area (Å²) in [7, 11) is 1.73. The van der Waals surface area contributed by atoms with E-state index in [0.29, 0.717) is 12.5 Å². The molecule has 0 radical (unpaired) electrons. The van der Waals surface area contributed by atoms with Crippen molar-refractivity contribution in [1.29, 1.82) is 0 Å². The van der Waals surface area contributed by atoms with Crippen LogP contribution in [-0.4, -0.2) is 13.7 Å². The summed E-state index contributed by atoms with van der Waals surface area (Å²) < 4.78 is 12.2. The molecule has 46 heavy (non-hydrogen) atoms. The molecule has 0 saturated carbocycles. The van der Waals surface area contributed by atoms with E-state index in [0.717, 1.165) is 51.9 Å². The molecule has 4 rings (SSSR count). The lowest BCUT2D eigenvalue weighted by Gasteiger charge is -2.27. The van der Waals surface area contributed by atoms with Gasteiger partial charge in [-0.15, -0.1) is 0 Å². The van der Waals surface area contributed by atoms with E-state index in [4.69, 9.17) is 9.47 Å². The average Bonchev–Trinajstić information content (AvgIpc) is 3.03. The number of nitrogens with zero attached hydrogens (tertiary/aromatic N) is 1. The van der Waals surface area contributed by atoms with Crippen molar-refractivity contribution in [2.75, 3.05) is 18.6 Å². The predicted molar refractivity (Wildman–Crippen MR) is 200 cm³/mol. The van der Waals surface area contributed by atoms with Crippen molar-refractivity contribution in [1.82, 2.24) is 0 Å². The second kappa shape index (κ2) is 16.9. The number of hydrogen-bond donors (Lipinski definition) is 0. The van der Waals surface area contributed by atoms with Gasteiger partial charge in [0.25, 0.3) is 0 Å². The van der Waals surface area contributed by atoms with E-state index < -0.39 is 0 Å². The molecule has 0 saturated heterocycles. The molecule has 0 spiro atoms. The Morgan fingerprint density at radius 3 is 1.93 bits per heavy atom. The highest BCUT2D eigenvalue weighted by Gasteiger charge is 2.15. The van der Waals surface area contributed by atoms with Crippen LogP contribution in [0.3, 0.4) is 0 Å². The van der Waals surface area contributed by atoms with Crippen molar-refractivity contribution in [2.45, 2.75) is 74.1 Å². The van der Waals surface area contributed by atoms with Gasteiger partial charge >= 0.3 is 0 Å². The summed E-state index contributed by atoms with van der Waals surface area (Å²) in [6.45, 7) is 16.1. The van der Waals surface area contributed by atoms with Crippen LogP contribution in [-0.2, 0) is 0 Å². The number of benzene rings is 4. The third-order valence-corrected chi connectivity index (χ3v) is 8.55. The fourth-order valence-electron chi connectivity index (χ4n) is 5.82. The van der Waals surface area contributed by atoms with Gasteiger partial charge < -0.3 is 14.4 Å². The maximum absolute atomic E-state index is 6.38. The van der Waals surface area contributed by atoms with Crippen LogP contribution in [0, 0.1) is 32.6 Å². The predicted octanol–water partition coefficient (Wildman–Crippen LogP) is 12.5. The molecular formula is C43H53NO2. The molecule has 4 aromatic carbocycles. The number of ether oxygens (including phenoxy) is 2. The molecule has 0 fully saturated rings. The number of hydrogen-bond acceptors (Lipinski definition) is 3. The Balaban J connectivity index is 1.55.